The summed E-state index contributed by atoms with van der Waals surface area (Å²) in [7, 11) is 0. The number of thiophene rings is 1. The number of thioether (sulfide) groups is 1. The van der Waals surface area contributed by atoms with Crippen molar-refractivity contribution in [1.82, 2.24) is 14.8 Å². The average molecular weight is 449 g/mol. The highest BCUT2D eigenvalue weighted by Gasteiger charge is 2.26. The normalized spacial score (nSPS) is 11.1. The first-order valence-electron chi connectivity index (χ1n) is 8.10. The summed E-state index contributed by atoms with van der Waals surface area (Å²) in [6.07, 6.45) is 0. The summed E-state index contributed by atoms with van der Waals surface area (Å²) in [5, 5.41) is 10.4. The van der Waals surface area contributed by atoms with E-state index in [9.17, 15) is 26.7 Å². The predicted molar refractivity (Wildman–Crippen MR) is 95.8 cm³/mol. The average Bonchev–Trinajstić information content (AvgIpc) is 3.38. The van der Waals surface area contributed by atoms with Crippen LogP contribution >= 0.6 is 23.1 Å². The molecule has 0 unspecified atom stereocenters. The van der Waals surface area contributed by atoms with E-state index in [-0.39, 0.29) is 5.75 Å². The number of carbonyl (C=O) groups is 1. The number of carbonyl (C=O) groups excluding carboxylic acids is 1. The van der Waals surface area contributed by atoms with Gasteiger partial charge in [-0.05, 0) is 18.4 Å². The van der Waals surface area contributed by atoms with Crippen LogP contribution in [0.2, 0.25) is 0 Å². The van der Waals surface area contributed by atoms with Gasteiger partial charge in [-0.2, -0.15) is 0 Å². The number of esters is 1. The standard InChI is InChI=1S/C17H12F5N3O2S2/c1-2-25-16(9-4-3-5-28-9)23-24-17(25)29-7-10(26)27-6-8-11(18)13(20)15(22)14(21)12(8)19/h3-5H,2,6-7H2,1H3. The van der Waals surface area contributed by atoms with Crippen LogP contribution in [-0.2, 0) is 22.7 Å². The summed E-state index contributed by atoms with van der Waals surface area (Å²) in [6, 6.07) is 3.73. The Morgan fingerprint density at radius 3 is 2.34 bits per heavy atom. The topological polar surface area (TPSA) is 57.0 Å². The molecule has 0 aliphatic rings. The highest BCUT2D eigenvalue weighted by molar-refractivity contribution is 7.99. The highest BCUT2D eigenvalue weighted by Crippen LogP contribution is 2.27. The molecule has 0 saturated heterocycles. The second-order valence-electron chi connectivity index (χ2n) is 5.53. The second-order valence-corrected chi connectivity index (χ2v) is 7.42. The van der Waals surface area contributed by atoms with Crippen LogP contribution in [0, 0.1) is 29.1 Å². The maximum atomic E-state index is 13.6. The van der Waals surface area contributed by atoms with Crippen LogP contribution in [0.15, 0.2) is 22.7 Å². The summed E-state index contributed by atoms with van der Waals surface area (Å²) in [5.41, 5.74) is -1.21. The number of ether oxygens (including phenoxy) is 1. The van der Waals surface area contributed by atoms with Crippen LogP contribution in [-0.4, -0.2) is 26.5 Å². The molecule has 0 aliphatic carbocycles. The Bertz CT molecular complexity index is 1010. The molecule has 0 amide bonds. The zero-order chi connectivity index (χ0) is 21.1. The third-order valence-electron chi connectivity index (χ3n) is 3.77. The highest BCUT2D eigenvalue weighted by atomic mass is 32.2. The lowest BCUT2D eigenvalue weighted by Crippen LogP contribution is -2.13. The molecule has 0 aliphatic heterocycles. The molecule has 154 valence electrons. The van der Waals surface area contributed by atoms with Gasteiger partial charge in [-0.25, -0.2) is 22.0 Å². The fourth-order valence-electron chi connectivity index (χ4n) is 2.36. The monoisotopic (exact) mass is 449 g/mol. The Labute approximate surface area is 169 Å². The van der Waals surface area contributed by atoms with Crippen molar-refractivity contribution in [2.45, 2.75) is 25.2 Å². The summed E-state index contributed by atoms with van der Waals surface area (Å²) in [4.78, 5) is 12.8. The molecule has 5 nitrogen and oxygen atoms in total. The SMILES string of the molecule is CCn1c(SCC(=O)OCc2c(F)c(F)c(F)c(F)c2F)nnc1-c1cccs1. The number of nitrogens with zero attached hydrogens (tertiary/aromatic N) is 3. The largest absolute Gasteiger partial charge is 0.460 e. The predicted octanol–water partition coefficient (Wildman–Crippen LogP) is 4.56. The van der Waals surface area contributed by atoms with Crippen LogP contribution in [0.3, 0.4) is 0 Å². The summed E-state index contributed by atoms with van der Waals surface area (Å²) < 4.78 is 73.0. The second kappa shape index (κ2) is 8.91. The molecule has 0 saturated carbocycles. The lowest BCUT2D eigenvalue weighted by molar-refractivity contribution is -0.141. The molecule has 3 rings (SSSR count). The molecule has 3 aromatic rings. The van der Waals surface area contributed by atoms with Crippen molar-refractivity contribution in [2.75, 3.05) is 5.75 Å². The van der Waals surface area contributed by atoms with Crippen molar-refractivity contribution in [3.63, 3.8) is 0 Å². The van der Waals surface area contributed by atoms with E-state index in [0.29, 0.717) is 17.5 Å². The number of halogens is 5. The molecular weight excluding hydrogens is 437 g/mol. The van der Waals surface area contributed by atoms with Crippen molar-refractivity contribution >= 4 is 29.1 Å². The van der Waals surface area contributed by atoms with E-state index in [1.165, 1.54) is 11.3 Å². The Kier molecular flexibility index (Phi) is 6.52. The van der Waals surface area contributed by atoms with Crippen LogP contribution in [0.25, 0.3) is 10.7 Å². The van der Waals surface area contributed by atoms with Gasteiger partial charge >= 0.3 is 5.97 Å². The lowest BCUT2D eigenvalue weighted by atomic mass is 10.2. The van der Waals surface area contributed by atoms with Crippen LogP contribution < -0.4 is 0 Å². The van der Waals surface area contributed by atoms with Crippen molar-refractivity contribution in [1.29, 1.82) is 0 Å². The molecule has 0 N–H and O–H groups in total. The summed E-state index contributed by atoms with van der Waals surface area (Å²) >= 11 is 2.45. The Balaban J connectivity index is 1.65. The van der Waals surface area contributed by atoms with Crippen LogP contribution in [0.5, 0.6) is 0 Å². The summed E-state index contributed by atoms with van der Waals surface area (Å²) in [6.45, 7) is 1.31. The quantitative estimate of drug-likeness (QED) is 0.174. The number of rotatable bonds is 7. The minimum absolute atomic E-state index is 0.294. The van der Waals surface area contributed by atoms with Crippen molar-refractivity contribution in [2.24, 2.45) is 0 Å². The van der Waals surface area contributed by atoms with Crippen LogP contribution in [0.1, 0.15) is 12.5 Å². The van der Waals surface area contributed by atoms with Gasteiger partial charge in [0.25, 0.3) is 0 Å². The van der Waals surface area contributed by atoms with Gasteiger partial charge in [0.2, 0.25) is 5.82 Å². The van der Waals surface area contributed by atoms with E-state index >= 15 is 0 Å². The number of benzene rings is 1. The van der Waals surface area contributed by atoms with Crippen molar-refractivity contribution in [3.05, 3.63) is 52.2 Å². The van der Waals surface area contributed by atoms with E-state index in [4.69, 9.17) is 0 Å². The fourth-order valence-corrected chi connectivity index (χ4v) is 3.88. The fraction of sp³-hybridized carbons (Fsp3) is 0.235. The summed E-state index contributed by atoms with van der Waals surface area (Å²) in [5.74, 6) is -11.1. The zero-order valence-electron chi connectivity index (χ0n) is 14.7. The molecule has 0 bridgehead atoms. The first kappa shape index (κ1) is 21.2. The molecular formula is C17H12F5N3O2S2. The molecule has 0 radical (unpaired) electrons. The zero-order valence-corrected chi connectivity index (χ0v) is 16.4. The number of aromatic nitrogens is 3. The molecule has 0 spiro atoms. The maximum Gasteiger partial charge on any atom is 0.316 e. The van der Waals surface area contributed by atoms with Crippen molar-refractivity contribution in [3.8, 4) is 10.7 Å². The van der Waals surface area contributed by atoms with Gasteiger partial charge in [-0.15, -0.1) is 21.5 Å². The molecule has 12 heteroatoms. The molecule has 2 heterocycles. The van der Waals surface area contributed by atoms with Gasteiger partial charge in [0.15, 0.2) is 34.2 Å². The Hall–Kier alpha value is -2.47. The number of hydrogen-bond donors (Lipinski definition) is 0. The number of hydrogen-bond acceptors (Lipinski definition) is 6. The smallest absolute Gasteiger partial charge is 0.316 e. The van der Waals surface area contributed by atoms with Gasteiger partial charge in [-0.3, -0.25) is 4.79 Å². The van der Waals surface area contributed by atoms with E-state index in [2.05, 4.69) is 14.9 Å². The first-order valence-corrected chi connectivity index (χ1v) is 9.97. The molecule has 2 aromatic heterocycles. The minimum Gasteiger partial charge on any atom is -0.460 e. The maximum absolute atomic E-state index is 13.6. The van der Waals surface area contributed by atoms with E-state index in [1.54, 1.807) is 4.57 Å². The van der Waals surface area contributed by atoms with E-state index < -0.39 is 47.2 Å². The molecule has 0 fully saturated rings. The van der Waals surface area contributed by atoms with Gasteiger partial charge in [0, 0.05) is 6.54 Å². The lowest BCUT2D eigenvalue weighted by Gasteiger charge is -2.09. The molecule has 29 heavy (non-hydrogen) atoms. The van der Waals surface area contributed by atoms with E-state index in [0.717, 1.165) is 16.6 Å². The molecule has 0 atom stereocenters. The minimum atomic E-state index is -2.27. The van der Waals surface area contributed by atoms with Gasteiger partial charge in [0.1, 0.15) is 6.61 Å². The third-order valence-corrected chi connectivity index (χ3v) is 5.58. The van der Waals surface area contributed by atoms with E-state index in [1.807, 2.05) is 24.4 Å². The molecule has 1 aromatic carbocycles. The first-order chi connectivity index (χ1) is 13.8. The van der Waals surface area contributed by atoms with Crippen molar-refractivity contribution < 1.29 is 31.5 Å². The van der Waals surface area contributed by atoms with Crippen LogP contribution in [0.4, 0.5) is 22.0 Å². The third kappa shape index (κ3) is 4.27. The Morgan fingerprint density at radius 2 is 1.76 bits per heavy atom. The van der Waals surface area contributed by atoms with Gasteiger partial charge in [-0.1, -0.05) is 17.8 Å². The van der Waals surface area contributed by atoms with Gasteiger partial charge < -0.3 is 9.30 Å². The van der Waals surface area contributed by atoms with Gasteiger partial charge in [0.05, 0.1) is 16.2 Å². The Morgan fingerprint density at radius 1 is 1.10 bits per heavy atom.